The van der Waals surface area contributed by atoms with Gasteiger partial charge in [-0.3, -0.25) is 9.69 Å². The average molecular weight is 354 g/mol. The van der Waals surface area contributed by atoms with Crippen LogP contribution in [0.2, 0.25) is 0 Å². The third-order valence-electron chi connectivity index (χ3n) is 4.26. The Balaban J connectivity index is 1.86. The molecule has 0 spiro atoms. The monoisotopic (exact) mass is 354 g/mol. The van der Waals surface area contributed by atoms with Crippen LogP contribution >= 0.6 is 0 Å². The average Bonchev–Trinajstić information content (AvgIpc) is 2.65. The Morgan fingerprint density at radius 3 is 2.08 bits per heavy atom. The fraction of sp³-hybridized carbons (Fsp3) is 0.409. The zero-order valence-electron chi connectivity index (χ0n) is 16.3. The minimum atomic E-state index is -0.0756. The molecule has 0 unspecified atom stereocenters. The first-order valence-corrected chi connectivity index (χ1v) is 9.36. The van der Waals surface area contributed by atoms with Gasteiger partial charge in [-0.2, -0.15) is 0 Å². The minimum absolute atomic E-state index is 0.0756. The van der Waals surface area contributed by atoms with Gasteiger partial charge in [0.15, 0.2) is 0 Å². The summed E-state index contributed by atoms with van der Waals surface area (Å²) in [6, 6.07) is 15.7. The maximum absolute atomic E-state index is 12.3. The number of carbonyl (C=O) groups excluding carboxylic acids is 1. The Morgan fingerprint density at radius 2 is 1.54 bits per heavy atom. The number of rotatable bonds is 9. The smallest absolute Gasteiger partial charge is 0.251 e. The van der Waals surface area contributed by atoms with E-state index in [1.807, 2.05) is 26.0 Å². The lowest BCUT2D eigenvalue weighted by atomic mass is 10.1. The number of nitrogens with zero attached hydrogens (tertiary/aromatic N) is 1. The van der Waals surface area contributed by atoms with E-state index >= 15 is 0 Å². The third-order valence-corrected chi connectivity index (χ3v) is 4.26. The van der Waals surface area contributed by atoms with E-state index in [4.69, 9.17) is 4.74 Å². The number of ether oxygens (including phenoxy) is 1. The van der Waals surface area contributed by atoms with Gasteiger partial charge in [0.25, 0.3) is 5.91 Å². The van der Waals surface area contributed by atoms with E-state index < -0.39 is 0 Å². The van der Waals surface area contributed by atoms with Crippen molar-refractivity contribution in [3.05, 3.63) is 65.2 Å². The van der Waals surface area contributed by atoms with Gasteiger partial charge in [0.1, 0.15) is 5.75 Å². The maximum atomic E-state index is 12.3. The molecule has 1 N–H and O–H groups in total. The Hall–Kier alpha value is -2.33. The Kier molecular flexibility index (Phi) is 7.67. The Bertz CT molecular complexity index is 674. The summed E-state index contributed by atoms with van der Waals surface area (Å²) in [5.41, 5.74) is 3.03. The lowest BCUT2D eigenvalue weighted by Gasteiger charge is -2.18. The molecule has 0 fully saturated rings. The molecule has 2 aromatic carbocycles. The largest absolute Gasteiger partial charge is 0.491 e. The first-order valence-electron chi connectivity index (χ1n) is 9.36. The van der Waals surface area contributed by atoms with Crippen LogP contribution in [0.4, 0.5) is 0 Å². The lowest BCUT2D eigenvalue weighted by Crippen LogP contribution is -2.23. The molecular formula is C22H30N2O2. The van der Waals surface area contributed by atoms with Gasteiger partial charge in [-0.05, 0) is 62.3 Å². The van der Waals surface area contributed by atoms with Crippen LogP contribution in [-0.2, 0) is 13.1 Å². The van der Waals surface area contributed by atoms with Crippen LogP contribution in [0, 0.1) is 0 Å². The van der Waals surface area contributed by atoms with Crippen LogP contribution in [-0.4, -0.2) is 30.0 Å². The van der Waals surface area contributed by atoms with Crippen molar-refractivity contribution in [1.29, 1.82) is 0 Å². The van der Waals surface area contributed by atoms with Crippen molar-refractivity contribution < 1.29 is 9.53 Å². The highest BCUT2D eigenvalue weighted by molar-refractivity contribution is 5.94. The molecule has 1 amide bonds. The molecule has 0 aliphatic carbocycles. The molecule has 0 radical (unpaired) electrons. The zero-order valence-corrected chi connectivity index (χ0v) is 16.3. The summed E-state index contributed by atoms with van der Waals surface area (Å²) in [6.45, 7) is 11.9. The summed E-state index contributed by atoms with van der Waals surface area (Å²) in [7, 11) is 0. The summed E-state index contributed by atoms with van der Waals surface area (Å²) in [5.74, 6) is 0.702. The van der Waals surface area contributed by atoms with Gasteiger partial charge in [0, 0.05) is 18.7 Å². The van der Waals surface area contributed by atoms with Gasteiger partial charge in [0.2, 0.25) is 0 Å². The van der Waals surface area contributed by atoms with Crippen molar-refractivity contribution >= 4 is 5.91 Å². The number of hydrogen-bond donors (Lipinski definition) is 1. The highest BCUT2D eigenvalue weighted by Crippen LogP contribution is 2.14. The molecule has 0 aliphatic rings. The van der Waals surface area contributed by atoms with E-state index in [1.54, 1.807) is 12.1 Å². The normalized spacial score (nSPS) is 11.0. The number of amides is 1. The fourth-order valence-electron chi connectivity index (χ4n) is 2.71. The van der Waals surface area contributed by atoms with E-state index in [9.17, 15) is 4.79 Å². The maximum Gasteiger partial charge on any atom is 0.251 e. The molecule has 0 heterocycles. The predicted octanol–water partition coefficient (Wildman–Crippen LogP) is 4.25. The van der Waals surface area contributed by atoms with Gasteiger partial charge in [-0.15, -0.1) is 0 Å². The zero-order chi connectivity index (χ0) is 18.9. The van der Waals surface area contributed by atoms with E-state index in [1.165, 1.54) is 5.56 Å². The van der Waals surface area contributed by atoms with Crippen molar-refractivity contribution in [3.8, 4) is 5.75 Å². The topological polar surface area (TPSA) is 41.6 Å². The standard InChI is InChI=1S/C22H30N2O2/c1-5-24(6-2)16-19-9-7-18(8-10-19)15-23-22(25)20-11-13-21(14-12-20)26-17(3)4/h7-14,17H,5-6,15-16H2,1-4H3,(H,23,25). The van der Waals surface area contributed by atoms with Gasteiger partial charge < -0.3 is 10.1 Å². The summed E-state index contributed by atoms with van der Waals surface area (Å²) in [6.07, 6.45) is 0.124. The lowest BCUT2D eigenvalue weighted by molar-refractivity contribution is 0.0951. The molecule has 2 rings (SSSR count). The molecule has 0 saturated heterocycles. The van der Waals surface area contributed by atoms with Crippen LogP contribution in [0.3, 0.4) is 0 Å². The second-order valence-electron chi connectivity index (χ2n) is 6.65. The van der Waals surface area contributed by atoms with Crippen LogP contribution in [0.15, 0.2) is 48.5 Å². The molecule has 0 aliphatic heterocycles. The molecular weight excluding hydrogens is 324 g/mol. The molecule has 26 heavy (non-hydrogen) atoms. The summed E-state index contributed by atoms with van der Waals surface area (Å²) >= 11 is 0. The quantitative estimate of drug-likeness (QED) is 0.732. The van der Waals surface area contributed by atoms with Crippen LogP contribution in [0.1, 0.15) is 49.2 Å². The SMILES string of the molecule is CCN(CC)Cc1ccc(CNC(=O)c2ccc(OC(C)C)cc2)cc1. The van der Waals surface area contributed by atoms with E-state index in [2.05, 4.69) is 48.3 Å². The number of nitrogens with one attached hydrogen (secondary N) is 1. The number of benzene rings is 2. The molecule has 140 valence electrons. The molecule has 0 aromatic heterocycles. The fourth-order valence-corrected chi connectivity index (χ4v) is 2.71. The van der Waals surface area contributed by atoms with Gasteiger partial charge in [0.05, 0.1) is 6.10 Å². The summed E-state index contributed by atoms with van der Waals surface area (Å²) in [4.78, 5) is 14.7. The predicted molar refractivity (Wildman–Crippen MR) is 106 cm³/mol. The third kappa shape index (κ3) is 6.19. The Labute approximate surface area is 157 Å². The number of hydrogen-bond acceptors (Lipinski definition) is 3. The molecule has 0 saturated carbocycles. The highest BCUT2D eigenvalue weighted by atomic mass is 16.5. The first-order chi connectivity index (χ1) is 12.5. The molecule has 0 atom stereocenters. The van der Waals surface area contributed by atoms with E-state index in [-0.39, 0.29) is 12.0 Å². The van der Waals surface area contributed by atoms with Crippen LogP contribution < -0.4 is 10.1 Å². The summed E-state index contributed by atoms with van der Waals surface area (Å²) < 4.78 is 5.60. The van der Waals surface area contributed by atoms with Gasteiger partial charge in [-0.25, -0.2) is 0 Å². The van der Waals surface area contributed by atoms with Crippen molar-refractivity contribution in [1.82, 2.24) is 10.2 Å². The van der Waals surface area contributed by atoms with Crippen LogP contribution in [0.5, 0.6) is 5.75 Å². The molecule has 0 bridgehead atoms. The molecule has 2 aromatic rings. The first kappa shape index (κ1) is 20.0. The van der Waals surface area contributed by atoms with E-state index in [0.29, 0.717) is 12.1 Å². The van der Waals surface area contributed by atoms with Crippen molar-refractivity contribution in [2.45, 2.75) is 46.9 Å². The van der Waals surface area contributed by atoms with Gasteiger partial charge >= 0.3 is 0 Å². The second kappa shape index (κ2) is 9.97. The van der Waals surface area contributed by atoms with Crippen molar-refractivity contribution in [3.63, 3.8) is 0 Å². The molecule has 4 nitrogen and oxygen atoms in total. The van der Waals surface area contributed by atoms with Crippen LogP contribution in [0.25, 0.3) is 0 Å². The molecule has 4 heteroatoms. The second-order valence-corrected chi connectivity index (χ2v) is 6.65. The van der Waals surface area contributed by atoms with Gasteiger partial charge in [-0.1, -0.05) is 38.1 Å². The number of carbonyl (C=O) groups is 1. The van der Waals surface area contributed by atoms with E-state index in [0.717, 1.165) is 30.9 Å². The van der Waals surface area contributed by atoms with Crippen molar-refractivity contribution in [2.24, 2.45) is 0 Å². The highest BCUT2D eigenvalue weighted by Gasteiger charge is 2.07. The minimum Gasteiger partial charge on any atom is -0.491 e. The Morgan fingerprint density at radius 1 is 0.962 bits per heavy atom. The summed E-state index contributed by atoms with van der Waals surface area (Å²) in [5, 5.41) is 2.97. The van der Waals surface area contributed by atoms with Crippen molar-refractivity contribution in [2.75, 3.05) is 13.1 Å².